The van der Waals surface area contributed by atoms with Gasteiger partial charge in [-0.05, 0) is 56.0 Å². The maximum absolute atomic E-state index is 12.2. The lowest BCUT2D eigenvalue weighted by molar-refractivity contribution is 0.0943. The van der Waals surface area contributed by atoms with Crippen molar-refractivity contribution in [1.29, 1.82) is 0 Å². The molecule has 0 aromatic heterocycles. The second-order valence-electron chi connectivity index (χ2n) is 5.34. The number of Topliss-reactive ketones (excluding diaryl/α,β-unsaturated/α-hetero) is 1. The Kier molecular flexibility index (Phi) is 5.26. The van der Waals surface area contributed by atoms with Gasteiger partial charge in [0, 0.05) is 12.0 Å². The molecule has 2 atom stereocenters. The molecule has 2 unspecified atom stereocenters. The third-order valence-corrected chi connectivity index (χ3v) is 4.63. The lowest BCUT2D eigenvalue weighted by atomic mass is 9.83. The summed E-state index contributed by atoms with van der Waals surface area (Å²) in [5.41, 5.74) is 0.657. The predicted octanol–water partition coefficient (Wildman–Crippen LogP) is 4.20. The van der Waals surface area contributed by atoms with E-state index in [9.17, 15) is 4.79 Å². The minimum atomic E-state index is 0.150. The molecule has 2 nitrogen and oxygen atoms in total. The average molecular weight is 300 g/mol. The maximum Gasteiger partial charge on any atom is 0.163 e. The number of benzene rings is 1. The molecule has 1 aliphatic rings. The van der Waals surface area contributed by atoms with Crippen LogP contribution in [-0.2, 0) is 0 Å². The third-order valence-electron chi connectivity index (χ3n) is 3.89. The summed E-state index contributed by atoms with van der Waals surface area (Å²) in [4.78, 5) is 12.2. The van der Waals surface area contributed by atoms with E-state index in [0.29, 0.717) is 33.9 Å². The van der Waals surface area contributed by atoms with E-state index >= 15 is 0 Å². The molecule has 4 heteroatoms. The first-order chi connectivity index (χ1) is 9.08. The Morgan fingerprint density at radius 1 is 1.42 bits per heavy atom. The normalized spacial score (nSPS) is 21.1. The highest BCUT2D eigenvalue weighted by molar-refractivity contribution is 6.42. The molecule has 0 spiro atoms. The summed E-state index contributed by atoms with van der Waals surface area (Å²) in [6.07, 6.45) is 2.99. The number of piperidine rings is 1. The Morgan fingerprint density at radius 2 is 2.21 bits per heavy atom. The number of hydrogen-bond donors (Lipinski definition) is 1. The quantitative estimate of drug-likeness (QED) is 0.844. The van der Waals surface area contributed by atoms with Crippen LogP contribution in [0.1, 0.15) is 36.5 Å². The monoisotopic (exact) mass is 299 g/mol. The highest BCUT2D eigenvalue weighted by Gasteiger charge is 2.22. The first kappa shape index (κ1) is 14.8. The van der Waals surface area contributed by atoms with Crippen LogP contribution in [0.4, 0.5) is 0 Å². The smallest absolute Gasteiger partial charge is 0.163 e. The number of hydrogen-bond acceptors (Lipinski definition) is 2. The zero-order chi connectivity index (χ0) is 13.8. The van der Waals surface area contributed by atoms with Crippen LogP contribution < -0.4 is 5.32 Å². The van der Waals surface area contributed by atoms with Crippen LogP contribution in [0.15, 0.2) is 18.2 Å². The molecule has 1 aromatic rings. The van der Waals surface area contributed by atoms with E-state index in [-0.39, 0.29) is 5.78 Å². The van der Waals surface area contributed by atoms with Crippen molar-refractivity contribution in [3.63, 3.8) is 0 Å². The lowest BCUT2D eigenvalue weighted by Crippen LogP contribution is -2.34. The first-order valence-electron chi connectivity index (χ1n) is 6.77. The molecule has 2 rings (SSSR count). The van der Waals surface area contributed by atoms with E-state index in [0.717, 1.165) is 13.1 Å². The summed E-state index contributed by atoms with van der Waals surface area (Å²) in [7, 11) is 0. The molecule has 0 aliphatic carbocycles. The molecule has 0 amide bonds. The first-order valence-corrected chi connectivity index (χ1v) is 7.52. The summed E-state index contributed by atoms with van der Waals surface area (Å²) in [5, 5.41) is 4.33. The van der Waals surface area contributed by atoms with Crippen LogP contribution in [0, 0.1) is 11.8 Å². The molecule has 1 fully saturated rings. The van der Waals surface area contributed by atoms with Crippen LogP contribution >= 0.6 is 23.2 Å². The fourth-order valence-corrected chi connectivity index (χ4v) is 2.91. The molecule has 1 aliphatic heterocycles. The minimum Gasteiger partial charge on any atom is -0.316 e. The zero-order valence-corrected chi connectivity index (χ0v) is 12.6. The number of halogens is 2. The molecule has 1 saturated heterocycles. The van der Waals surface area contributed by atoms with E-state index in [2.05, 4.69) is 12.2 Å². The Bertz CT molecular complexity index is 455. The molecule has 1 heterocycles. The van der Waals surface area contributed by atoms with Gasteiger partial charge in [-0.2, -0.15) is 0 Å². The molecule has 19 heavy (non-hydrogen) atoms. The summed E-state index contributed by atoms with van der Waals surface area (Å²) in [6.45, 7) is 4.28. The molecule has 104 valence electrons. The Morgan fingerprint density at radius 3 is 2.84 bits per heavy atom. The van der Waals surface area contributed by atoms with Gasteiger partial charge in [-0.3, -0.25) is 4.79 Å². The number of carbonyl (C=O) groups excluding carboxylic acids is 1. The fraction of sp³-hybridized carbons (Fsp3) is 0.533. The van der Waals surface area contributed by atoms with Crippen molar-refractivity contribution in [2.45, 2.75) is 26.2 Å². The van der Waals surface area contributed by atoms with Crippen molar-refractivity contribution in [3.05, 3.63) is 33.8 Å². The Labute approximate surface area is 124 Å². The van der Waals surface area contributed by atoms with Gasteiger partial charge < -0.3 is 5.32 Å². The second-order valence-corrected chi connectivity index (χ2v) is 6.15. The lowest BCUT2D eigenvalue weighted by Gasteiger charge is -2.28. The molecular formula is C15H19Cl2NO. The van der Waals surface area contributed by atoms with Gasteiger partial charge in [-0.25, -0.2) is 0 Å². The fourth-order valence-electron chi connectivity index (χ4n) is 2.61. The average Bonchev–Trinajstić information content (AvgIpc) is 2.42. The highest BCUT2D eigenvalue weighted by atomic mass is 35.5. The van der Waals surface area contributed by atoms with Gasteiger partial charge in [0.15, 0.2) is 5.78 Å². The highest BCUT2D eigenvalue weighted by Crippen LogP contribution is 2.26. The Balaban J connectivity index is 1.97. The van der Waals surface area contributed by atoms with Gasteiger partial charge in [-0.1, -0.05) is 30.1 Å². The van der Waals surface area contributed by atoms with Crippen LogP contribution in [0.3, 0.4) is 0 Å². The summed E-state index contributed by atoms with van der Waals surface area (Å²) in [6, 6.07) is 5.10. The minimum absolute atomic E-state index is 0.150. The van der Waals surface area contributed by atoms with Gasteiger partial charge in [0.25, 0.3) is 0 Å². The second kappa shape index (κ2) is 6.74. The summed E-state index contributed by atoms with van der Waals surface area (Å²) >= 11 is 11.8. The van der Waals surface area contributed by atoms with Gasteiger partial charge in [-0.15, -0.1) is 0 Å². The van der Waals surface area contributed by atoms with Gasteiger partial charge in [0.1, 0.15) is 0 Å². The number of rotatable bonds is 4. The largest absolute Gasteiger partial charge is 0.316 e. The topological polar surface area (TPSA) is 29.1 Å². The van der Waals surface area contributed by atoms with Crippen LogP contribution in [0.2, 0.25) is 10.0 Å². The molecule has 1 N–H and O–H groups in total. The van der Waals surface area contributed by atoms with E-state index in [1.807, 2.05) is 0 Å². The van der Waals surface area contributed by atoms with Crippen molar-refractivity contribution in [2.75, 3.05) is 13.1 Å². The van der Waals surface area contributed by atoms with E-state index in [1.165, 1.54) is 12.8 Å². The van der Waals surface area contributed by atoms with Crippen LogP contribution in [0.5, 0.6) is 0 Å². The number of nitrogens with one attached hydrogen (secondary N) is 1. The third kappa shape index (κ3) is 3.95. The van der Waals surface area contributed by atoms with Gasteiger partial charge >= 0.3 is 0 Å². The van der Waals surface area contributed by atoms with Gasteiger partial charge in [0.2, 0.25) is 0 Å². The summed E-state index contributed by atoms with van der Waals surface area (Å²) < 4.78 is 0. The van der Waals surface area contributed by atoms with E-state index in [1.54, 1.807) is 18.2 Å². The maximum atomic E-state index is 12.2. The van der Waals surface area contributed by atoms with Crippen molar-refractivity contribution in [2.24, 2.45) is 11.8 Å². The summed E-state index contributed by atoms with van der Waals surface area (Å²) in [5.74, 6) is 1.15. The number of carbonyl (C=O) groups is 1. The predicted molar refractivity (Wildman–Crippen MR) is 80.2 cm³/mol. The standard InChI is InChI=1S/C15H19Cl2NO/c1-10(12-3-2-6-18-9-12)7-15(19)11-4-5-13(16)14(17)8-11/h4-5,8,10,12,18H,2-3,6-7,9H2,1H3. The van der Waals surface area contributed by atoms with Crippen molar-refractivity contribution in [3.8, 4) is 0 Å². The zero-order valence-electron chi connectivity index (χ0n) is 11.1. The molecule has 0 bridgehead atoms. The van der Waals surface area contributed by atoms with Crippen LogP contribution in [0.25, 0.3) is 0 Å². The SMILES string of the molecule is CC(CC(=O)c1ccc(Cl)c(Cl)c1)C1CCCNC1. The molecule has 1 aromatic carbocycles. The van der Waals surface area contributed by atoms with Gasteiger partial charge in [0.05, 0.1) is 10.0 Å². The molecule has 0 radical (unpaired) electrons. The van der Waals surface area contributed by atoms with Crippen molar-refractivity contribution in [1.82, 2.24) is 5.32 Å². The van der Waals surface area contributed by atoms with E-state index in [4.69, 9.17) is 23.2 Å². The molecular weight excluding hydrogens is 281 g/mol. The van der Waals surface area contributed by atoms with Crippen LogP contribution in [-0.4, -0.2) is 18.9 Å². The van der Waals surface area contributed by atoms with Crippen molar-refractivity contribution >= 4 is 29.0 Å². The Hall–Kier alpha value is -0.570. The number of ketones is 1. The molecule has 0 saturated carbocycles. The van der Waals surface area contributed by atoms with E-state index < -0.39 is 0 Å². The van der Waals surface area contributed by atoms with Crippen molar-refractivity contribution < 1.29 is 4.79 Å².